The number of carbonyl (C=O) groups is 2. The number of halogens is 1. The van der Waals surface area contributed by atoms with Crippen LogP contribution in [0.15, 0.2) is 53.4 Å². The van der Waals surface area contributed by atoms with E-state index >= 15 is 0 Å². The quantitative estimate of drug-likeness (QED) is 0.548. The number of amides is 1. The Kier molecular flexibility index (Phi) is 7.01. The number of ether oxygens (including phenoxy) is 1. The average Bonchev–Trinajstić information content (AvgIpc) is 3.06. The average molecular weight is 519 g/mol. The highest BCUT2D eigenvalue weighted by Gasteiger charge is 2.53. The minimum absolute atomic E-state index is 0.0482. The minimum Gasteiger partial charge on any atom is -0.452 e. The van der Waals surface area contributed by atoms with Gasteiger partial charge in [0.2, 0.25) is 10.0 Å². The van der Waals surface area contributed by atoms with Crippen LogP contribution in [0, 0.1) is 10.8 Å². The summed E-state index contributed by atoms with van der Waals surface area (Å²) < 4.78 is 33.8. The monoisotopic (exact) mass is 518 g/mol. The Balaban J connectivity index is 1.40. The fraction of sp³-hybridized carbons (Fsp3) is 0.462. The Bertz CT molecular complexity index is 1250. The molecule has 1 amide bonds. The second-order valence-corrected chi connectivity index (χ2v) is 13.0. The maximum absolute atomic E-state index is 13.5. The molecule has 2 aliphatic rings. The smallest absolute Gasteiger partial charge is 0.338 e. The van der Waals surface area contributed by atoms with E-state index in [4.69, 9.17) is 16.3 Å². The van der Waals surface area contributed by atoms with Crippen LogP contribution >= 0.6 is 11.6 Å². The Morgan fingerprint density at radius 3 is 2.60 bits per heavy atom. The first kappa shape index (κ1) is 25.7. The van der Waals surface area contributed by atoms with Crippen LogP contribution < -0.4 is 5.32 Å². The van der Waals surface area contributed by atoms with E-state index in [2.05, 4.69) is 26.1 Å². The number of benzene rings is 2. The molecule has 2 atom stereocenters. The molecule has 4 rings (SSSR count). The van der Waals surface area contributed by atoms with Crippen LogP contribution in [0.3, 0.4) is 0 Å². The molecule has 188 valence electrons. The summed E-state index contributed by atoms with van der Waals surface area (Å²) in [5.41, 5.74) is 0.863. The van der Waals surface area contributed by atoms with Gasteiger partial charge in [-0.25, -0.2) is 13.2 Å². The molecule has 2 bridgehead atoms. The molecule has 2 aromatic rings. The van der Waals surface area contributed by atoms with Gasteiger partial charge in [0, 0.05) is 24.2 Å². The van der Waals surface area contributed by atoms with E-state index in [-0.39, 0.29) is 33.9 Å². The largest absolute Gasteiger partial charge is 0.452 e. The molecule has 0 radical (unpaired) electrons. The standard InChI is InChI=1S/C26H31ClN2O5S/c1-25(2)12-20-13-26(3,16-25)17-29(20)35(32,33)21-9-6-8-18(11-21)24(31)34-15-23(30)28-14-19-7-4-5-10-22(19)27/h4-11,20H,12-17H2,1-3H3,(H,28,30). The molecule has 9 heteroatoms. The molecule has 0 aromatic heterocycles. The van der Waals surface area contributed by atoms with Gasteiger partial charge in [0.15, 0.2) is 6.61 Å². The lowest BCUT2D eigenvalue weighted by Crippen LogP contribution is -2.37. The van der Waals surface area contributed by atoms with Gasteiger partial charge in [-0.2, -0.15) is 4.31 Å². The fourth-order valence-electron chi connectivity index (χ4n) is 5.71. The maximum atomic E-state index is 13.5. The number of esters is 1. The molecule has 1 saturated carbocycles. The van der Waals surface area contributed by atoms with E-state index in [1.807, 2.05) is 6.07 Å². The van der Waals surface area contributed by atoms with Gasteiger partial charge in [-0.3, -0.25) is 4.79 Å². The zero-order chi connectivity index (χ0) is 25.4. The highest BCUT2D eigenvalue weighted by atomic mass is 35.5. The Morgan fingerprint density at radius 2 is 1.86 bits per heavy atom. The summed E-state index contributed by atoms with van der Waals surface area (Å²) in [7, 11) is -3.78. The first-order valence-electron chi connectivity index (χ1n) is 11.7. The lowest BCUT2D eigenvalue weighted by Gasteiger charge is -2.39. The molecular formula is C26H31ClN2O5S. The van der Waals surface area contributed by atoms with Gasteiger partial charge in [0.1, 0.15) is 0 Å². The number of hydrogen-bond acceptors (Lipinski definition) is 5. The van der Waals surface area contributed by atoms with E-state index in [9.17, 15) is 18.0 Å². The summed E-state index contributed by atoms with van der Waals surface area (Å²) in [5, 5.41) is 3.18. The van der Waals surface area contributed by atoms with E-state index in [0.717, 1.165) is 24.8 Å². The van der Waals surface area contributed by atoms with Crippen LogP contribution in [0.25, 0.3) is 0 Å². The molecule has 1 heterocycles. The topological polar surface area (TPSA) is 92.8 Å². The van der Waals surface area contributed by atoms with Crippen molar-refractivity contribution in [3.8, 4) is 0 Å². The van der Waals surface area contributed by atoms with Crippen LogP contribution in [-0.2, 0) is 26.1 Å². The van der Waals surface area contributed by atoms with E-state index < -0.39 is 28.5 Å². The van der Waals surface area contributed by atoms with Gasteiger partial charge < -0.3 is 10.1 Å². The number of sulfonamides is 1. The molecule has 2 aromatic carbocycles. The van der Waals surface area contributed by atoms with Crippen molar-refractivity contribution in [3.05, 3.63) is 64.7 Å². The van der Waals surface area contributed by atoms with Crippen molar-refractivity contribution in [2.75, 3.05) is 13.2 Å². The van der Waals surface area contributed by atoms with Gasteiger partial charge in [-0.15, -0.1) is 0 Å². The summed E-state index contributed by atoms with van der Waals surface area (Å²) in [4.78, 5) is 24.7. The molecule has 1 N–H and O–H groups in total. The SMILES string of the molecule is CC1(C)CC2CC(C)(CN2S(=O)(=O)c2cccc(C(=O)OCC(=O)NCc3ccccc3Cl)c2)C1. The van der Waals surface area contributed by atoms with E-state index in [1.54, 1.807) is 22.5 Å². The Hall–Kier alpha value is -2.42. The summed E-state index contributed by atoms with van der Waals surface area (Å²) in [6, 6.07) is 12.9. The lowest BCUT2D eigenvalue weighted by atomic mass is 9.65. The molecule has 1 aliphatic carbocycles. The zero-order valence-corrected chi connectivity index (χ0v) is 21.8. The van der Waals surface area contributed by atoms with Gasteiger partial charge in [0.05, 0.1) is 10.5 Å². The van der Waals surface area contributed by atoms with Gasteiger partial charge in [0.25, 0.3) is 5.91 Å². The second kappa shape index (κ2) is 9.56. The third-order valence-corrected chi connectivity index (χ3v) is 9.07. The predicted octanol–water partition coefficient (Wildman–Crippen LogP) is 4.40. The zero-order valence-electron chi connectivity index (χ0n) is 20.2. The molecule has 1 saturated heterocycles. The summed E-state index contributed by atoms with van der Waals surface area (Å²) in [6.45, 7) is 6.73. The highest BCUT2D eigenvalue weighted by molar-refractivity contribution is 7.89. The molecule has 2 unspecified atom stereocenters. The van der Waals surface area contributed by atoms with E-state index in [0.29, 0.717) is 11.6 Å². The second-order valence-electron chi connectivity index (χ2n) is 10.7. The fourth-order valence-corrected chi connectivity index (χ4v) is 7.73. The summed E-state index contributed by atoms with van der Waals surface area (Å²) >= 11 is 6.08. The van der Waals surface area contributed by atoms with Crippen molar-refractivity contribution < 1.29 is 22.7 Å². The normalized spacial score (nSPS) is 23.6. The van der Waals surface area contributed by atoms with Crippen LogP contribution in [0.1, 0.15) is 56.0 Å². The minimum atomic E-state index is -3.78. The number of rotatable bonds is 7. The molecule has 35 heavy (non-hydrogen) atoms. The van der Waals surface area contributed by atoms with Crippen molar-refractivity contribution in [2.24, 2.45) is 10.8 Å². The Labute approximate surface area is 211 Å². The van der Waals surface area contributed by atoms with Gasteiger partial charge >= 0.3 is 5.97 Å². The van der Waals surface area contributed by atoms with Crippen molar-refractivity contribution in [3.63, 3.8) is 0 Å². The molecule has 0 spiro atoms. The maximum Gasteiger partial charge on any atom is 0.338 e. The predicted molar refractivity (Wildman–Crippen MR) is 133 cm³/mol. The Morgan fingerprint density at radius 1 is 1.11 bits per heavy atom. The highest BCUT2D eigenvalue weighted by Crippen LogP contribution is 2.53. The van der Waals surface area contributed by atoms with Crippen LogP contribution in [0.5, 0.6) is 0 Å². The third-order valence-electron chi connectivity index (χ3n) is 6.81. The van der Waals surface area contributed by atoms with E-state index in [1.165, 1.54) is 24.3 Å². The molecular weight excluding hydrogens is 488 g/mol. The molecule has 7 nitrogen and oxygen atoms in total. The number of fused-ring (bicyclic) bond motifs is 2. The van der Waals surface area contributed by atoms with Gasteiger partial charge in [-0.05, 0) is 59.9 Å². The van der Waals surface area contributed by atoms with Crippen molar-refractivity contribution in [1.29, 1.82) is 0 Å². The van der Waals surface area contributed by atoms with Crippen LogP contribution in [0.2, 0.25) is 5.02 Å². The number of nitrogens with zero attached hydrogens (tertiary/aromatic N) is 1. The lowest BCUT2D eigenvalue weighted by molar-refractivity contribution is -0.124. The molecule has 1 aliphatic heterocycles. The van der Waals surface area contributed by atoms with Crippen molar-refractivity contribution >= 4 is 33.5 Å². The summed E-state index contributed by atoms with van der Waals surface area (Å²) in [5.74, 6) is -1.24. The number of nitrogens with one attached hydrogen (secondary N) is 1. The molecule has 2 fully saturated rings. The number of carbonyl (C=O) groups excluding carboxylic acids is 2. The first-order valence-corrected chi connectivity index (χ1v) is 13.5. The van der Waals surface area contributed by atoms with Crippen LogP contribution in [0.4, 0.5) is 0 Å². The number of hydrogen-bond donors (Lipinski definition) is 1. The van der Waals surface area contributed by atoms with Crippen LogP contribution in [-0.4, -0.2) is 43.8 Å². The summed E-state index contributed by atoms with van der Waals surface area (Å²) in [6.07, 6.45) is 2.64. The van der Waals surface area contributed by atoms with Crippen molar-refractivity contribution in [2.45, 2.75) is 57.5 Å². The van der Waals surface area contributed by atoms with Crippen molar-refractivity contribution in [1.82, 2.24) is 9.62 Å². The third kappa shape index (κ3) is 5.71. The first-order chi connectivity index (χ1) is 16.4. The van der Waals surface area contributed by atoms with Gasteiger partial charge in [-0.1, -0.05) is 56.6 Å².